The lowest BCUT2D eigenvalue weighted by molar-refractivity contribution is 0.0976. The minimum atomic E-state index is -4.01. The second kappa shape index (κ2) is 3.50. The molecule has 1 rings (SSSR count). The largest absolute Gasteiger partial charge is 0.299 e. The van der Waals surface area contributed by atoms with Gasteiger partial charge in [-0.3, -0.25) is 9.78 Å². The first kappa shape index (κ1) is 9.62. The van der Waals surface area contributed by atoms with Crippen molar-refractivity contribution in [2.24, 2.45) is 5.14 Å². The molecule has 7 heteroatoms. The van der Waals surface area contributed by atoms with Gasteiger partial charge in [-0.25, -0.2) is 9.86 Å². The highest BCUT2D eigenvalue weighted by Crippen LogP contribution is 1.92. The number of carbonyl (C=O) groups is 1. The number of hydrogen-bond donors (Lipinski definition) is 2. The van der Waals surface area contributed by atoms with Gasteiger partial charge in [0.1, 0.15) is 5.69 Å². The van der Waals surface area contributed by atoms with Crippen molar-refractivity contribution in [1.29, 1.82) is 0 Å². The normalized spacial score (nSPS) is 10.8. The zero-order valence-electron chi connectivity index (χ0n) is 6.47. The fourth-order valence-corrected chi connectivity index (χ4v) is 1.04. The Bertz CT molecular complexity index is 400. The number of carbonyl (C=O) groups excluding carboxylic acids is 1. The second-order valence-electron chi connectivity index (χ2n) is 2.19. The first-order valence-electron chi connectivity index (χ1n) is 3.25. The third-order valence-corrected chi connectivity index (χ3v) is 1.60. The van der Waals surface area contributed by atoms with Crippen LogP contribution < -0.4 is 9.86 Å². The van der Waals surface area contributed by atoms with Crippen molar-refractivity contribution in [1.82, 2.24) is 9.71 Å². The Morgan fingerprint density at radius 1 is 1.46 bits per heavy atom. The summed E-state index contributed by atoms with van der Waals surface area (Å²) in [4.78, 5) is 14.7. The minimum absolute atomic E-state index is 0.00322. The lowest BCUT2D eigenvalue weighted by Gasteiger charge is -1.99. The molecule has 0 atom stereocenters. The number of amides is 1. The predicted octanol–water partition coefficient (Wildman–Crippen LogP) is -0.985. The van der Waals surface area contributed by atoms with E-state index in [0.29, 0.717) is 0 Å². The second-order valence-corrected chi connectivity index (χ2v) is 3.49. The Labute approximate surface area is 75.0 Å². The molecule has 0 radical (unpaired) electrons. The van der Waals surface area contributed by atoms with E-state index in [1.165, 1.54) is 12.3 Å². The van der Waals surface area contributed by atoms with Crippen molar-refractivity contribution in [3.8, 4) is 0 Å². The molecule has 3 N–H and O–H groups in total. The Morgan fingerprint density at radius 3 is 2.62 bits per heavy atom. The van der Waals surface area contributed by atoms with Crippen molar-refractivity contribution < 1.29 is 13.2 Å². The monoisotopic (exact) mass is 201 g/mol. The van der Waals surface area contributed by atoms with E-state index in [4.69, 9.17) is 0 Å². The smallest absolute Gasteiger partial charge is 0.266 e. The van der Waals surface area contributed by atoms with Crippen molar-refractivity contribution in [2.75, 3.05) is 0 Å². The van der Waals surface area contributed by atoms with Crippen LogP contribution in [0.25, 0.3) is 0 Å². The standard InChI is InChI=1S/C6H7N3O3S/c7-13(11,12)9-6(10)5-3-1-2-4-8-5/h1-4H,(H,9,10)(H2,7,11,12). The van der Waals surface area contributed by atoms with Crippen LogP contribution in [0.15, 0.2) is 24.4 Å². The van der Waals surface area contributed by atoms with E-state index in [-0.39, 0.29) is 5.69 Å². The Balaban J connectivity index is 2.82. The zero-order chi connectivity index (χ0) is 9.90. The van der Waals surface area contributed by atoms with Gasteiger partial charge in [-0.05, 0) is 12.1 Å². The molecule has 1 aromatic rings. The maximum Gasteiger partial charge on any atom is 0.299 e. The maximum atomic E-state index is 11.0. The molecule has 6 nitrogen and oxygen atoms in total. The highest BCUT2D eigenvalue weighted by atomic mass is 32.2. The van der Waals surface area contributed by atoms with Crippen LogP contribution in [0.5, 0.6) is 0 Å². The Kier molecular flexibility index (Phi) is 2.59. The van der Waals surface area contributed by atoms with Crippen LogP contribution in [0.2, 0.25) is 0 Å². The van der Waals surface area contributed by atoms with E-state index in [1.54, 1.807) is 16.9 Å². The minimum Gasteiger partial charge on any atom is -0.266 e. The lowest BCUT2D eigenvalue weighted by atomic mass is 10.3. The molecule has 0 unspecified atom stereocenters. The first-order valence-corrected chi connectivity index (χ1v) is 4.79. The lowest BCUT2D eigenvalue weighted by Crippen LogP contribution is -2.36. The summed E-state index contributed by atoms with van der Waals surface area (Å²) in [7, 11) is -4.01. The summed E-state index contributed by atoms with van der Waals surface area (Å²) in [5, 5.41) is 4.59. The van der Waals surface area contributed by atoms with Crippen molar-refractivity contribution in [3.63, 3.8) is 0 Å². The quantitative estimate of drug-likeness (QED) is 0.641. The third kappa shape index (κ3) is 3.18. The first-order chi connectivity index (χ1) is 5.99. The SMILES string of the molecule is NS(=O)(=O)NC(=O)c1ccccn1. The van der Waals surface area contributed by atoms with Crippen LogP contribution in [0.4, 0.5) is 0 Å². The number of nitrogens with one attached hydrogen (secondary N) is 1. The highest BCUT2D eigenvalue weighted by molar-refractivity contribution is 7.87. The Morgan fingerprint density at radius 2 is 2.15 bits per heavy atom. The van der Waals surface area contributed by atoms with Crippen molar-refractivity contribution in [2.45, 2.75) is 0 Å². The van der Waals surface area contributed by atoms with Gasteiger partial charge < -0.3 is 0 Å². The summed E-state index contributed by atoms with van der Waals surface area (Å²) in [5.74, 6) is -0.844. The molecule has 1 heterocycles. The summed E-state index contributed by atoms with van der Waals surface area (Å²) >= 11 is 0. The molecule has 0 bridgehead atoms. The van der Waals surface area contributed by atoms with Gasteiger partial charge in [0.15, 0.2) is 0 Å². The predicted molar refractivity (Wildman–Crippen MR) is 44.8 cm³/mol. The fraction of sp³-hybridized carbons (Fsp3) is 0. The van der Waals surface area contributed by atoms with Crippen LogP contribution in [0, 0.1) is 0 Å². The van der Waals surface area contributed by atoms with Gasteiger partial charge >= 0.3 is 0 Å². The topological polar surface area (TPSA) is 102 Å². The van der Waals surface area contributed by atoms with Crippen LogP contribution in [0.3, 0.4) is 0 Å². The molecule has 0 spiro atoms. The highest BCUT2D eigenvalue weighted by Gasteiger charge is 2.11. The molecule has 0 saturated heterocycles. The van der Waals surface area contributed by atoms with Crippen LogP contribution >= 0.6 is 0 Å². The van der Waals surface area contributed by atoms with E-state index in [1.807, 2.05) is 0 Å². The molecule has 1 amide bonds. The molecule has 0 aliphatic carbocycles. The van der Waals surface area contributed by atoms with Gasteiger partial charge in [0, 0.05) is 6.20 Å². The molecule has 13 heavy (non-hydrogen) atoms. The summed E-state index contributed by atoms with van der Waals surface area (Å²) < 4.78 is 22.5. The summed E-state index contributed by atoms with van der Waals surface area (Å²) in [6, 6.07) is 4.54. The van der Waals surface area contributed by atoms with E-state index >= 15 is 0 Å². The molecule has 0 aromatic carbocycles. The fourth-order valence-electron chi connectivity index (χ4n) is 0.679. The van der Waals surface area contributed by atoms with Gasteiger partial charge in [0.2, 0.25) is 0 Å². The molecular weight excluding hydrogens is 194 g/mol. The molecule has 1 aromatic heterocycles. The average Bonchev–Trinajstić information content (AvgIpc) is 2.03. The van der Waals surface area contributed by atoms with Gasteiger partial charge in [-0.15, -0.1) is 0 Å². The number of pyridine rings is 1. The van der Waals surface area contributed by atoms with Gasteiger partial charge in [-0.1, -0.05) is 6.07 Å². The molecular formula is C6H7N3O3S. The maximum absolute atomic E-state index is 11.0. The molecule has 0 aliphatic rings. The summed E-state index contributed by atoms with van der Waals surface area (Å²) in [6.45, 7) is 0. The summed E-state index contributed by atoms with van der Waals surface area (Å²) in [6.07, 6.45) is 1.37. The van der Waals surface area contributed by atoms with Crippen LogP contribution in [-0.4, -0.2) is 19.3 Å². The number of nitrogens with zero attached hydrogens (tertiary/aromatic N) is 1. The van der Waals surface area contributed by atoms with Gasteiger partial charge in [0.25, 0.3) is 16.1 Å². The molecule has 0 aliphatic heterocycles. The summed E-state index contributed by atoms with van der Waals surface area (Å²) in [5.41, 5.74) is -0.00322. The third-order valence-electron chi connectivity index (χ3n) is 1.13. The van der Waals surface area contributed by atoms with Crippen molar-refractivity contribution >= 4 is 16.1 Å². The zero-order valence-corrected chi connectivity index (χ0v) is 7.28. The molecule has 0 saturated carbocycles. The van der Waals surface area contributed by atoms with Gasteiger partial charge in [-0.2, -0.15) is 8.42 Å². The number of nitrogens with two attached hydrogens (primary N) is 1. The molecule has 70 valence electrons. The van der Waals surface area contributed by atoms with E-state index < -0.39 is 16.1 Å². The number of rotatable bonds is 2. The van der Waals surface area contributed by atoms with Gasteiger partial charge in [0.05, 0.1) is 0 Å². The van der Waals surface area contributed by atoms with E-state index in [9.17, 15) is 13.2 Å². The number of hydrogen-bond acceptors (Lipinski definition) is 4. The number of aromatic nitrogens is 1. The van der Waals surface area contributed by atoms with E-state index in [2.05, 4.69) is 10.1 Å². The van der Waals surface area contributed by atoms with E-state index in [0.717, 1.165) is 0 Å². The van der Waals surface area contributed by atoms with Crippen LogP contribution in [-0.2, 0) is 10.2 Å². The average molecular weight is 201 g/mol. The van der Waals surface area contributed by atoms with Crippen molar-refractivity contribution in [3.05, 3.63) is 30.1 Å². The molecule has 0 fully saturated rings. The van der Waals surface area contributed by atoms with Crippen LogP contribution in [0.1, 0.15) is 10.5 Å². The Hall–Kier alpha value is -1.47.